The Balaban J connectivity index is 2.37. The highest BCUT2D eigenvalue weighted by Gasteiger charge is 2.17. The molecular weight excluding hydrogens is 258 g/mol. The second-order valence-corrected chi connectivity index (χ2v) is 5.55. The minimum Gasteiger partial charge on any atom is -0.491 e. The van der Waals surface area contributed by atoms with Crippen LogP contribution in [0, 0.1) is 0 Å². The zero-order chi connectivity index (χ0) is 15.2. The second-order valence-electron chi connectivity index (χ2n) is 5.55. The predicted molar refractivity (Wildman–Crippen MR) is 76.2 cm³/mol. The average Bonchev–Trinajstić information content (AvgIpc) is 2.34. The van der Waals surface area contributed by atoms with Crippen LogP contribution in [0.2, 0.25) is 0 Å². The molecular formula is C15H21NO4. The van der Waals surface area contributed by atoms with Crippen molar-refractivity contribution in [2.24, 2.45) is 0 Å². The van der Waals surface area contributed by atoms with Gasteiger partial charge in [0.25, 0.3) is 0 Å². The molecule has 110 valence electrons. The number of rotatable bonds is 5. The van der Waals surface area contributed by atoms with E-state index in [1.807, 2.05) is 27.7 Å². The molecule has 0 bridgehead atoms. The third-order valence-electron chi connectivity index (χ3n) is 2.28. The minimum atomic E-state index is -0.519. The highest BCUT2D eigenvalue weighted by molar-refractivity contribution is 5.74. The fourth-order valence-electron chi connectivity index (χ4n) is 1.41. The molecule has 0 radical (unpaired) electrons. The highest BCUT2D eigenvalue weighted by Crippen LogP contribution is 2.11. The van der Waals surface area contributed by atoms with Gasteiger partial charge in [0, 0.05) is 5.56 Å². The van der Waals surface area contributed by atoms with E-state index in [2.05, 4.69) is 5.32 Å². The van der Waals surface area contributed by atoms with Gasteiger partial charge in [-0.05, 0) is 52.0 Å². The maximum absolute atomic E-state index is 11.5. The molecule has 1 aromatic rings. The number of carbonyl (C=O) groups excluding carboxylic acids is 2. The number of alkyl carbamates (subject to hydrolysis) is 1. The van der Waals surface area contributed by atoms with Gasteiger partial charge in [0.2, 0.25) is 0 Å². The zero-order valence-corrected chi connectivity index (χ0v) is 12.3. The molecule has 0 aliphatic carbocycles. The van der Waals surface area contributed by atoms with E-state index in [0.29, 0.717) is 17.9 Å². The van der Waals surface area contributed by atoms with E-state index in [9.17, 15) is 9.59 Å². The van der Waals surface area contributed by atoms with Gasteiger partial charge in [-0.15, -0.1) is 0 Å². The van der Waals surface area contributed by atoms with Crippen molar-refractivity contribution >= 4 is 12.4 Å². The van der Waals surface area contributed by atoms with Gasteiger partial charge in [-0.1, -0.05) is 0 Å². The van der Waals surface area contributed by atoms with Crippen LogP contribution in [0.1, 0.15) is 38.1 Å². The quantitative estimate of drug-likeness (QED) is 0.842. The summed E-state index contributed by atoms with van der Waals surface area (Å²) in [6.45, 7) is 7.57. The number of ether oxygens (including phenoxy) is 2. The van der Waals surface area contributed by atoms with Gasteiger partial charge < -0.3 is 14.8 Å². The summed E-state index contributed by atoms with van der Waals surface area (Å²) in [4.78, 5) is 22.1. The summed E-state index contributed by atoms with van der Waals surface area (Å²) in [7, 11) is 0. The van der Waals surface area contributed by atoms with Gasteiger partial charge >= 0.3 is 6.09 Å². The van der Waals surface area contributed by atoms with E-state index in [-0.39, 0.29) is 6.04 Å². The Kier molecular flexibility index (Phi) is 5.55. The van der Waals surface area contributed by atoms with E-state index in [0.717, 1.165) is 6.29 Å². The summed E-state index contributed by atoms with van der Waals surface area (Å²) in [5, 5.41) is 2.69. The fraction of sp³-hybridized carbons (Fsp3) is 0.467. The summed E-state index contributed by atoms with van der Waals surface area (Å²) in [6.07, 6.45) is 0.307. The minimum absolute atomic E-state index is 0.185. The first-order valence-corrected chi connectivity index (χ1v) is 6.48. The number of hydrogen-bond acceptors (Lipinski definition) is 4. The number of nitrogens with one attached hydrogen (secondary N) is 1. The smallest absolute Gasteiger partial charge is 0.407 e. The molecule has 0 aliphatic rings. The Morgan fingerprint density at radius 3 is 2.40 bits per heavy atom. The summed E-state index contributed by atoms with van der Waals surface area (Å²) in [6, 6.07) is 6.59. The summed E-state index contributed by atoms with van der Waals surface area (Å²) >= 11 is 0. The summed E-state index contributed by atoms with van der Waals surface area (Å²) < 4.78 is 10.7. The van der Waals surface area contributed by atoms with Crippen molar-refractivity contribution in [1.29, 1.82) is 0 Å². The largest absolute Gasteiger partial charge is 0.491 e. The lowest BCUT2D eigenvalue weighted by molar-refractivity contribution is 0.0494. The van der Waals surface area contributed by atoms with Crippen LogP contribution in [0.3, 0.4) is 0 Å². The number of hydrogen-bond donors (Lipinski definition) is 1. The predicted octanol–water partition coefficient (Wildman–Crippen LogP) is 2.79. The van der Waals surface area contributed by atoms with Crippen LogP contribution < -0.4 is 10.1 Å². The first-order chi connectivity index (χ1) is 9.30. The molecule has 0 heterocycles. The van der Waals surface area contributed by atoms with Crippen LogP contribution >= 0.6 is 0 Å². The first-order valence-electron chi connectivity index (χ1n) is 6.48. The molecule has 1 atom stereocenters. The molecule has 1 aromatic carbocycles. The number of carbonyl (C=O) groups is 2. The van der Waals surface area contributed by atoms with Crippen LogP contribution in [0.5, 0.6) is 5.75 Å². The normalized spacial score (nSPS) is 12.4. The van der Waals surface area contributed by atoms with E-state index in [1.165, 1.54) is 0 Å². The molecule has 1 rings (SSSR count). The molecule has 0 saturated carbocycles. The summed E-state index contributed by atoms with van der Waals surface area (Å²) in [5.41, 5.74) is 0.0762. The van der Waals surface area contributed by atoms with Gasteiger partial charge in [-0.2, -0.15) is 0 Å². The molecule has 5 nitrogen and oxygen atoms in total. The lowest BCUT2D eigenvalue weighted by Gasteiger charge is -2.22. The van der Waals surface area contributed by atoms with Crippen molar-refractivity contribution in [2.45, 2.75) is 39.3 Å². The third kappa shape index (κ3) is 6.22. The standard InChI is InChI=1S/C15H21NO4/c1-11(16-14(18)20-15(2,3)4)10-19-13-7-5-12(9-17)6-8-13/h5-9,11H,10H2,1-4H3,(H,16,18)/t11-/m0/s1. The second kappa shape index (κ2) is 6.93. The maximum Gasteiger partial charge on any atom is 0.407 e. The monoisotopic (exact) mass is 279 g/mol. The molecule has 0 fully saturated rings. The van der Waals surface area contributed by atoms with Gasteiger partial charge in [0.15, 0.2) is 0 Å². The molecule has 20 heavy (non-hydrogen) atoms. The third-order valence-corrected chi connectivity index (χ3v) is 2.28. The maximum atomic E-state index is 11.5. The van der Waals surface area contributed by atoms with Crippen LogP contribution in [0.15, 0.2) is 24.3 Å². The van der Waals surface area contributed by atoms with Crippen molar-refractivity contribution in [1.82, 2.24) is 5.32 Å². The molecule has 0 saturated heterocycles. The lowest BCUT2D eigenvalue weighted by Crippen LogP contribution is -2.40. The number of aldehydes is 1. The molecule has 0 aromatic heterocycles. The molecule has 5 heteroatoms. The SMILES string of the molecule is C[C@@H](COc1ccc(C=O)cc1)NC(=O)OC(C)(C)C. The molecule has 0 aliphatic heterocycles. The average molecular weight is 279 g/mol. The van der Waals surface area contributed by atoms with Crippen molar-refractivity contribution in [2.75, 3.05) is 6.61 Å². The van der Waals surface area contributed by atoms with Crippen molar-refractivity contribution < 1.29 is 19.1 Å². The van der Waals surface area contributed by atoms with Gasteiger partial charge in [0.05, 0.1) is 6.04 Å². The molecule has 0 spiro atoms. The van der Waals surface area contributed by atoms with Gasteiger partial charge in [0.1, 0.15) is 24.2 Å². The Bertz CT molecular complexity index is 448. The first kappa shape index (κ1) is 16.0. The molecule has 0 unspecified atom stereocenters. The van der Waals surface area contributed by atoms with Crippen molar-refractivity contribution in [3.63, 3.8) is 0 Å². The van der Waals surface area contributed by atoms with Gasteiger partial charge in [-0.3, -0.25) is 4.79 Å². The van der Waals surface area contributed by atoms with E-state index in [1.54, 1.807) is 24.3 Å². The van der Waals surface area contributed by atoms with Crippen LogP contribution in [0.4, 0.5) is 4.79 Å². The van der Waals surface area contributed by atoms with Gasteiger partial charge in [-0.25, -0.2) is 4.79 Å². The fourth-order valence-corrected chi connectivity index (χ4v) is 1.41. The Morgan fingerprint density at radius 1 is 1.30 bits per heavy atom. The lowest BCUT2D eigenvalue weighted by atomic mass is 10.2. The van der Waals surface area contributed by atoms with Crippen LogP contribution in [0.25, 0.3) is 0 Å². The molecule has 1 amide bonds. The Hall–Kier alpha value is -2.04. The van der Waals surface area contributed by atoms with Crippen molar-refractivity contribution in [3.8, 4) is 5.75 Å². The van der Waals surface area contributed by atoms with Crippen LogP contribution in [-0.2, 0) is 4.74 Å². The van der Waals surface area contributed by atoms with E-state index < -0.39 is 11.7 Å². The zero-order valence-electron chi connectivity index (χ0n) is 12.3. The topological polar surface area (TPSA) is 64.6 Å². The Labute approximate surface area is 119 Å². The molecule has 1 N–H and O–H groups in total. The van der Waals surface area contributed by atoms with E-state index in [4.69, 9.17) is 9.47 Å². The number of benzene rings is 1. The van der Waals surface area contributed by atoms with Crippen LogP contribution in [-0.4, -0.2) is 30.6 Å². The van der Waals surface area contributed by atoms with Crippen molar-refractivity contribution in [3.05, 3.63) is 29.8 Å². The highest BCUT2D eigenvalue weighted by atomic mass is 16.6. The van der Waals surface area contributed by atoms with E-state index >= 15 is 0 Å². The summed E-state index contributed by atoms with van der Waals surface area (Å²) in [5.74, 6) is 0.647. The Morgan fingerprint density at radius 2 is 1.90 bits per heavy atom. The number of amides is 1.